The van der Waals surface area contributed by atoms with Gasteiger partial charge in [0.1, 0.15) is 0 Å². The first-order valence-electron chi connectivity index (χ1n) is 7.31. The lowest BCUT2D eigenvalue weighted by Gasteiger charge is -2.24. The minimum absolute atomic E-state index is 0.153. The zero-order valence-corrected chi connectivity index (χ0v) is 11.7. The summed E-state index contributed by atoms with van der Waals surface area (Å²) in [5, 5.41) is 3.62. The quantitative estimate of drug-likeness (QED) is 0.781. The second-order valence-electron chi connectivity index (χ2n) is 5.44. The lowest BCUT2D eigenvalue weighted by Crippen LogP contribution is -2.29. The molecule has 0 aliphatic carbocycles. The van der Waals surface area contributed by atoms with Crippen molar-refractivity contribution in [3.63, 3.8) is 0 Å². The number of ether oxygens (including phenoxy) is 1. The smallest absolute Gasteiger partial charge is 0.323 e. The first-order valence-corrected chi connectivity index (χ1v) is 7.31. The summed E-state index contributed by atoms with van der Waals surface area (Å²) in [7, 11) is 0. The predicted molar refractivity (Wildman–Crippen MR) is 78.9 cm³/mol. The fourth-order valence-electron chi connectivity index (χ4n) is 2.92. The number of imidazole rings is 1. The van der Waals surface area contributed by atoms with E-state index < -0.39 is 0 Å². The van der Waals surface area contributed by atoms with Crippen LogP contribution in [0.1, 0.15) is 31.4 Å². The third-order valence-electron chi connectivity index (χ3n) is 3.95. The number of rotatable bonds is 5. The fraction of sp³-hybridized carbons (Fsp3) is 0.533. The van der Waals surface area contributed by atoms with Gasteiger partial charge in [-0.1, -0.05) is 13.0 Å². The Labute approximate surface area is 117 Å². The molecule has 3 N–H and O–H groups in total. The fourth-order valence-corrected chi connectivity index (χ4v) is 2.92. The lowest BCUT2D eigenvalue weighted by molar-refractivity contribution is 0.176. The zero-order valence-electron chi connectivity index (χ0n) is 11.7. The minimum atomic E-state index is -0.153. The number of aromatic nitrogens is 2. The highest BCUT2D eigenvalue weighted by atomic mass is 16.5. The maximum absolute atomic E-state index is 11.4. The van der Waals surface area contributed by atoms with E-state index in [1.54, 1.807) is 0 Å². The average Bonchev–Trinajstić information content (AvgIpc) is 3.07. The van der Waals surface area contributed by atoms with E-state index in [0.29, 0.717) is 12.0 Å². The molecule has 0 spiro atoms. The van der Waals surface area contributed by atoms with Crippen LogP contribution in [-0.4, -0.2) is 29.7 Å². The Hall–Kier alpha value is -1.59. The molecule has 5 nitrogen and oxygen atoms in total. The van der Waals surface area contributed by atoms with Crippen molar-refractivity contribution in [3.8, 4) is 0 Å². The van der Waals surface area contributed by atoms with Gasteiger partial charge in [-0.3, -0.25) is 0 Å². The van der Waals surface area contributed by atoms with Crippen LogP contribution in [0, 0.1) is 5.92 Å². The molecule has 0 radical (unpaired) electrons. The van der Waals surface area contributed by atoms with Crippen LogP contribution in [0.25, 0.3) is 11.0 Å². The summed E-state index contributed by atoms with van der Waals surface area (Å²) in [4.78, 5) is 17.0. The first-order chi connectivity index (χ1) is 9.78. The van der Waals surface area contributed by atoms with E-state index in [1.807, 2.05) is 6.07 Å². The lowest BCUT2D eigenvalue weighted by atomic mass is 9.92. The molecule has 0 saturated carbocycles. The summed E-state index contributed by atoms with van der Waals surface area (Å²) in [6.45, 7) is 4.81. The highest BCUT2D eigenvalue weighted by Crippen LogP contribution is 2.29. The molecule has 1 aromatic carbocycles. The Kier molecular flexibility index (Phi) is 3.89. The third kappa shape index (κ3) is 2.64. The van der Waals surface area contributed by atoms with E-state index in [9.17, 15) is 4.79 Å². The summed E-state index contributed by atoms with van der Waals surface area (Å²) >= 11 is 0. The number of fused-ring (bicyclic) bond motifs is 1. The Morgan fingerprint density at radius 3 is 3.00 bits per heavy atom. The van der Waals surface area contributed by atoms with Gasteiger partial charge < -0.3 is 20.0 Å². The molecular weight excluding hydrogens is 254 g/mol. The molecule has 2 aromatic rings. The molecule has 2 heterocycles. The second kappa shape index (κ2) is 5.81. The molecule has 5 heteroatoms. The average molecular weight is 275 g/mol. The van der Waals surface area contributed by atoms with Crippen molar-refractivity contribution in [2.75, 3.05) is 19.8 Å². The predicted octanol–water partition coefficient (Wildman–Crippen LogP) is 1.93. The van der Waals surface area contributed by atoms with Gasteiger partial charge in [0, 0.05) is 18.6 Å². The van der Waals surface area contributed by atoms with Crippen LogP contribution in [0.2, 0.25) is 0 Å². The number of hydrogen-bond acceptors (Lipinski definition) is 3. The molecule has 1 saturated heterocycles. The first kappa shape index (κ1) is 13.4. The van der Waals surface area contributed by atoms with Crippen LogP contribution in [0.15, 0.2) is 23.0 Å². The van der Waals surface area contributed by atoms with E-state index in [4.69, 9.17) is 4.74 Å². The Morgan fingerprint density at radius 2 is 2.25 bits per heavy atom. The summed E-state index contributed by atoms with van der Waals surface area (Å²) < 4.78 is 5.53. The molecule has 1 aliphatic rings. The number of hydrogen-bond donors (Lipinski definition) is 3. The largest absolute Gasteiger partial charge is 0.381 e. The number of H-pyrrole nitrogens is 2. The molecule has 108 valence electrons. The van der Waals surface area contributed by atoms with Crippen LogP contribution in [0.5, 0.6) is 0 Å². The van der Waals surface area contributed by atoms with Crippen LogP contribution in [0.4, 0.5) is 0 Å². The van der Waals surface area contributed by atoms with Gasteiger partial charge in [0.05, 0.1) is 17.6 Å². The molecule has 2 atom stereocenters. The van der Waals surface area contributed by atoms with E-state index >= 15 is 0 Å². The zero-order chi connectivity index (χ0) is 13.9. The van der Waals surface area contributed by atoms with Gasteiger partial charge in [0.15, 0.2) is 0 Å². The van der Waals surface area contributed by atoms with Crippen molar-refractivity contribution in [1.29, 1.82) is 0 Å². The molecule has 1 aromatic heterocycles. The van der Waals surface area contributed by atoms with Crippen LogP contribution in [0.3, 0.4) is 0 Å². The monoisotopic (exact) mass is 275 g/mol. The second-order valence-corrected chi connectivity index (χ2v) is 5.44. The third-order valence-corrected chi connectivity index (χ3v) is 3.95. The molecule has 1 fully saturated rings. The van der Waals surface area contributed by atoms with Gasteiger partial charge in [-0.25, -0.2) is 4.79 Å². The van der Waals surface area contributed by atoms with Crippen LogP contribution in [-0.2, 0) is 4.74 Å². The maximum Gasteiger partial charge on any atom is 0.323 e. The van der Waals surface area contributed by atoms with Crippen molar-refractivity contribution in [1.82, 2.24) is 15.3 Å². The maximum atomic E-state index is 11.4. The van der Waals surface area contributed by atoms with Gasteiger partial charge in [0.2, 0.25) is 0 Å². The van der Waals surface area contributed by atoms with Gasteiger partial charge in [-0.15, -0.1) is 0 Å². The normalized spacial score (nSPS) is 20.6. The van der Waals surface area contributed by atoms with Crippen molar-refractivity contribution < 1.29 is 4.74 Å². The van der Waals surface area contributed by atoms with Crippen molar-refractivity contribution in [2.45, 2.75) is 25.8 Å². The number of benzene rings is 1. The van der Waals surface area contributed by atoms with Crippen molar-refractivity contribution >= 4 is 11.0 Å². The van der Waals surface area contributed by atoms with Crippen LogP contribution >= 0.6 is 0 Å². The number of aromatic amines is 2. The molecular formula is C15H21N3O2. The van der Waals surface area contributed by atoms with E-state index in [1.165, 1.54) is 5.56 Å². The Balaban J connectivity index is 1.91. The minimum Gasteiger partial charge on any atom is -0.381 e. The molecule has 0 amide bonds. The SMILES string of the molecule is CCCNC(c1ccc2[nH]c(=O)[nH]c2c1)C1CCOC1. The summed E-state index contributed by atoms with van der Waals surface area (Å²) in [5.74, 6) is 0.504. The molecule has 1 aliphatic heterocycles. The topological polar surface area (TPSA) is 69.9 Å². The molecule has 2 unspecified atom stereocenters. The molecule has 0 bridgehead atoms. The van der Waals surface area contributed by atoms with Crippen molar-refractivity contribution in [3.05, 3.63) is 34.2 Å². The van der Waals surface area contributed by atoms with E-state index in [2.05, 4.69) is 34.3 Å². The van der Waals surface area contributed by atoms with E-state index in [-0.39, 0.29) is 5.69 Å². The van der Waals surface area contributed by atoms with Crippen molar-refractivity contribution in [2.24, 2.45) is 5.92 Å². The Bertz CT molecular complexity index is 625. The van der Waals surface area contributed by atoms with Crippen LogP contribution < -0.4 is 11.0 Å². The van der Waals surface area contributed by atoms with Gasteiger partial charge in [-0.2, -0.15) is 0 Å². The molecule has 3 rings (SSSR count). The summed E-state index contributed by atoms with van der Waals surface area (Å²) in [5.41, 5.74) is 2.79. The highest BCUT2D eigenvalue weighted by molar-refractivity contribution is 5.75. The highest BCUT2D eigenvalue weighted by Gasteiger charge is 2.26. The Morgan fingerprint density at radius 1 is 1.40 bits per heavy atom. The number of nitrogens with one attached hydrogen (secondary N) is 3. The summed E-state index contributed by atoms with van der Waals surface area (Å²) in [6, 6.07) is 6.43. The van der Waals surface area contributed by atoms with E-state index in [0.717, 1.165) is 43.6 Å². The van der Waals surface area contributed by atoms with Gasteiger partial charge >= 0.3 is 5.69 Å². The summed E-state index contributed by atoms with van der Waals surface area (Å²) in [6.07, 6.45) is 2.19. The van der Waals surface area contributed by atoms with Gasteiger partial charge in [0.25, 0.3) is 0 Å². The standard InChI is InChI=1S/C15H21N3O2/c1-2-6-16-14(11-5-7-20-9-11)10-3-4-12-13(8-10)18-15(19)17-12/h3-4,8,11,14,16H,2,5-7,9H2,1H3,(H2,17,18,19). The van der Waals surface area contributed by atoms with Gasteiger partial charge in [-0.05, 0) is 37.1 Å². The molecule has 20 heavy (non-hydrogen) atoms.